The Hall–Kier alpha value is -1.42. The maximum Gasteiger partial charge on any atom is 0.160 e. The van der Waals surface area contributed by atoms with E-state index in [-0.39, 0.29) is 0 Å². The van der Waals surface area contributed by atoms with E-state index in [1.165, 1.54) is 5.56 Å². The molecule has 4 nitrogen and oxygen atoms in total. The molecule has 0 atom stereocenters. The molecule has 1 aliphatic rings. The maximum absolute atomic E-state index is 4.53. The summed E-state index contributed by atoms with van der Waals surface area (Å²) < 4.78 is 1.94. The van der Waals surface area contributed by atoms with Gasteiger partial charge in [0.15, 0.2) is 5.65 Å². The lowest BCUT2D eigenvalue weighted by molar-refractivity contribution is 0.728. The van der Waals surface area contributed by atoms with E-state index in [0.717, 1.165) is 35.8 Å². The van der Waals surface area contributed by atoms with E-state index < -0.39 is 0 Å². The number of hydrogen-bond donors (Lipinski definition) is 1. The number of aromatic nitrogens is 3. The van der Waals surface area contributed by atoms with Crippen molar-refractivity contribution in [2.45, 2.75) is 26.9 Å². The molecular weight excluding hydrogens is 176 g/mol. The molecule has 0 saturated heterocycles. The van der Waals surface area contributed by atoms with Gasteiger partial charge in [-0.3, -0.25) is 0 Å². The van der Waals surface area contributed by atoms with Crippen molar-refractivity contribution < 1.29 is 0 Å². The van der Waals surface area contributed by atoms with E-state index in [1.807, 2.05) is 11.4 Å². The fourth-order valence-electron chi connectivity index (χ4n) is 2.04. The molecule has 0 aliphatic carbocycles. The second-order valence-electron chi connectivity index (χ2n) is 3.80. The quantitative estimate of drug-likeness (QED) is 0.669. The van der Waals surface area contributed by atoms with Gasteiger partial charge in [0.05, 0.1) is 5.69 Å². The first kappa shape index (κ1) is 7.94. The molecular formula is C10H12N4. The topological polar surface area (TPSA) is 42.2 Å². The number of aryl methyl sites for hydroxylation is 2. The molecule has 0 saturated carbocycles. The summed E-state index contributed by atoms with van der Waals surface area (Å²) in [5.41, 5.74) is 5.64. The van der Waals surface area contributed by atoms with Crippen molar-refractivity contribution >= 4 is 5.65 Å². The molecule has 4 heteroatoms. The Morgan fingerprint density at radius 1 is 1.36 bits per heavy atom. The Morgan fingerprint density at radius 2 is 2.21 bits per heavy atom. The summed E-state index contributed by atoms with van der Waals surface area (Å²) in [6.07, 6.45) is 0. The van der Waals surface area contributed by atoms with E-state index in [9.17, 15) is 0 Å². The summed E-state index contributed by atoms with van der Waals surface area (Å²) >= 11 is 0. The van der Waals surface area contributed by atoms with Crippen LogP contribution in [0.3, 0.4) is 0 Å². The highest BCUT2D eigenvalue weighted by Gasteiger charge is 2.19. The number of nitrogens with one attached hydrogen (secondary N) is 1. The predicted octanol–water partition coefficient (Wildman–Crippen LogP) is 0.949. The van der Waals surface area contributed by atoms with Gasteiger partial charge < -0.3 is 5.32 Å². The van der Waals surface area contributed by atoms with Crippen LogP contribution in [0, 0.1) is 13.8 Å². The van der Waals surface area contributed by atoms with Gasteiger partial charge in [-0.15, -0.1) is 0 Å². The molecule has 0 unspecified atom stereocenters. The fraction of sp³-hybridized carbons (Fsp3) is 0.400. The van der Waals surface area contributed by atoms with Crippen molar-refractivity contribution in [1.29, 1.82) is 0 Å². The number of fused-ring (bicyclic) bond motifs is 3. The molecule has 0 fully saturated rings. The van der Waals surface area contributed by atoms with E-state index in [2.05, 4.69) is 28.4 Å². The van der Waals surface area contributed by atoms with E-state index >= 15 is 0 Å². The molecule has 0 spiro atoms. The highest BCUT2D eigenvalue weighted by Crippen LogP contribution is 2.20. The zero-order valence-electron chi connectivity index (χ0n) is 8.33. The SMILES string of the molecule is Cc1cc(C)n2nc3c(c2n1)CNC3. The minimum atomic E-state index is 0.872. The summed E-state index contributed by atoms with van der Waals surface area (Å²) in [6.45, 7) is 5.86. The van der Waals surface area contributed by atoms with Crippen LogP contribution in [0.4, 0.5) is 0 Å². The predicted molar refractivity (Wildman–Crippen MR) is 53.0 cm³/mol. The average molecular weight is 188 g/mol. The van der Waals surface area contributed by atoms with Crippen molar-refractivity contribution in [2.75, 3.05) is 0 Å². The van der Waals surface area contributed by atoms with Crippen LogP contribution >= 0.6 is 0 Å². The molecule has 14 heavy (non-hydrogen) atoms. The van der Waals surface area contributed by atoms with Crippen LogP contribution in [-0.4, -0.2) is 14.6 Å². The largest absolute Gasteiger partial charge is 0.307 e. The first-order valence-corrected chi connectivity index (χ1v) is 4.81. The molecule has 1 N–H and O–H groups in total. The molecule has 0 radical (unpaired) electrons. The first-order chi connectivity index (χ1) is 6.75. The molecule has 1 aliphatic heterocycles. The average Bonchev–Trinajstić information content (AvgIpc) is 2.65. The minimum Gasteiger partial charge on any atom is -0.307 e. The van der Waals surface area contributed by atoms with Gasteiger partial charge in [0.1, 0.15) is 0 Å². The van der Waals surface area contributed by atoms with Crippen LogP contribution in [0.2, 0.25) is 0 Å². The van der Waals surface area contributed by atoms with Crippen molar-refractivity contribution in [3.05, 3.63) is 28.7 Å². The summed E-state index contributed by atoms with van der Waals surface area (Å²) in [5.74, 6) is 0. The van der Waals surface area contributed by atoms with Crippen molar-refractivity contribution in [3.63, 3.8) is 0 Å². The molecule has 2 aromatic heterocycles. The van der Waals surface area contributed by atoms with Gasteiger partial charge in [0, 0.05) is 30.0 Å². The molecule has 3 rings (SSSR count). The minimum absolute atomic E-state index is 0.872. The summed E-state index contributed by atoms with van der Waals surface area (Å²) in [4.78, 5) is 4.53. The molecule has 72 valence electrons. The number of nitrogens with zero attached hydrogens (tertiary/aromatic N) is 3. The summed E-state index contributed by atoms with van der Waals surface area (Å²) in [6, 6.07) is 2.06. The van der Waals surface area contributed by atoms with Gasteiger partial charge in [-0.2, -0.15) is 5.10 Å². The van der Waals surface area contributed by atoms with Gasteiger partial charge >= 0.3 is 0 Å². The van der Waals surface area contributed by atoms with Crippen LogP contribution in [0.25, 0.3) is 5.65 Å². The van der Waals surface area contributed by atoms with Gasteiger partial charge in [-0.1, -0.05) is 0 Å². The van der Waals surface area contributed by atoms with Crippen molar-refractivity contribution in [3.8, 4) is 0 Å². The molecule has 0 aromatic carbocycles. The van der Waals surface area contributed by atoms with Gasteiger partial charge in [0.25, 0.3) is 0 Å². The third-order valence-electron chi connectivity index (χ3n) is 2.67. The van der Waals surface area contributed by atoms with Gasteiger partial charge in [-0.25, -0.2) is 9.50 Å². The van der Waals surface area contributed by atoms with Crippen LogP contribution < -0.4 is 5.32 Å². The second-order valence-corrected chi connectivity index (χ2v) is 3.80. The Bertz CT molecular complexity index is 512. The van der Waals surface area contributed by atoms with Crippen LogP contribution in [-0.2, 0) is 13.1 Å². The van der Waals surface area contributed by atoms with Gasteiger partial charge in [0.2, 0.25) is 0 Å². The highest BCUT2D eigenvalue weighted by atomic mass is 15.3. The zero-order valence-corrected chi connectivity index (χ0v) is 8.33. The fourth-order valence-corrected chi connectivity index (χ4v) is 2.04. The summed E-state index contributed by atoms with van der Waals surface area (Å²) in [7, 11) is 0. The lowest BCUT2D eigenvalue weighted by atomic mass is 10.3. The molecule has 0 amide bonds. The van der Waals surface area contributed by atoms with Crippen LogP contribution in [0.5, 0.6) is 0 Å². The van der Waals surface area contributed by atoms with E-state index in [1.54, 1.807) is 0 Å². The van der Waals surface area contributed by atoms with E-state index in [0.29, 0.717) is 0 Å². The zero-order chi connectivity index (χ0) is 9.71. The normalized spacial score (nSPS) is 15.0. The van der Waals surface area contributed by atoms with Crippen molar-refractivity contribution in [1.82, 2.24) is 19.9 Å². The summed E-state index contributed by atoms with van der Waals surface area (Å²) in [5, 5.41) is 7.81. The number of hydrogen-bond acceptors (Lipinski definition) is 3. The van der Waals surface area contributed by atoms with Gasteiger partial charge in [-0.05, 0) is 19.9 Å². The molecule has 3 heterocycles. The third-order valence-corrected chi connectivity index (χ3v) is 2.67. The van der Waals surface area contributed by atoms with E-state index in [4.69, 9.17) is 0 Å². The number of rotatable bonds is 0. The Morgan fingerprint density at radius 3 is 3.07 bits per heavy atom. The van der Waals surface area contributed by atoms with Crippen LogP contribution in [0.15, 0.2) is 6.07 Å². The second kappa shape index (κ2) is 2.54. The smallest absolute Gasteiger partial charge is 0.160 e. The Kier molecular flexibility index (Phi) is 1.44. The third kappa shape index (κ3) is 0.915. The standard InChI is InChI=1S/C10H12N4/c1-6-3-7(2)14-10(12-6)8-4-11-5-9(8)13-14/h3,11H,4-5H2,1-2H3. The first-order valence-electron chi connectivity index (χ1n) is 4.81. The molecule has 2 aromatic rings. The van der Waals surface area contributed by atoms with Crippen molar-refractivity contribution in [2.24, 2.45) is 0 Å². The lowest BCUT2D eigenvalue weighted by Crippen LogP contribution is -2.06. The Labute approximate surface area is 82.0 Å². The maximum atomic E-state index is 4.53. The molecule has 0 bridgehead atoms. The van der Waals surface area contributed by atoms with Crippen LogP contribution in [0.1, 0.15) is 22.6 Å². The highest BCUT2D eigenvalue weighted by molar-refractivity contribution is 5.52. The monoisotopic (exact) mass is 188 g/mol. The lowest BCUT2D eigenvalue weighted by Gasteiger charge is -2.01. The Balaban J connectivity index is 2.43.